The fraction of sp³-hybridized carbons (Fsp3) is 0.917. The second-order valence-corrected chi connectivity index (χ2v) is 4.79. The van der Waals surface area contributed by atoms with Gasteiger partial charge in [-0.15, -0.1) is 0 Å². The molecular weight excluding hydrogens is 204 g/mol. The highest BCUT2D eigenvalue weighted by Gasteiger charge is 2.21. The fourth-order valence-corrected chi connectivity index (χ4v) is 1.99. The Bertz CT molecular complexity index is 223. The monoisotopic (exact) mass is 226 g/mol. The van der Waals surface area contributed by atoms with Gasteiger partial charge >= 0.3 is 0 Å². The van der Waals surface area contributed by atoms with Crippen LogP contribution in [0.4, 0.5) is 0 Å². The molecule has 1 aliphatic carbocycles. The molecule has 16 heavy (non-hydrogen) atoms. The summed E-state index contributed by atoms with van der Waals surface area (Å²) in [4.78, 5) is 11.7. The lowest BCUT2D eigenvalue weighted by molar-refractivity contribution is -0.128. The quantitative estimate of drug-likeness (QED) is 0.655. The minimum Gasteiger partial charge on any atom is -0.381 e. The Balaban J connectivity index is 1.48. The first-order chi connectivity index (χ1) is 7.86. The maximum absolute atomic E-state index is 11.7. The van der Waals surface area contributed by atoms with Crippen LogP contribution in [0.3, 0.4) is 0 Å². The predicted molar refractivity (Wildman–Crippen MR) is 62.2 cm³/mol. The van der Waals surface area contributed by atoms with Gasteiger partial charge in [0.25, 0.3) is 0 Å². The zero-order chi connectivity index (χ0) is 11.2. The van der Waals surface area contributed by atoms with Gasteiger partial charge in [0.2, 0.25) is 5.91 Å². The van der Waals surface area contributed by atoms with E-state index < -0.39 is 0 Å². The van der Waals surface area contributed by atoms with Crippen LogP contribution in [0.15, 0.2) is 0 Å². The molecule has 0 spiro atoms. The molecule has 2 aliphatic rings. The van der Waals surface area contributed by atoms with Gasteiger partial charge in [0.05, 0.1) is 12.5 Å². The number of carbonyl (C=O) groups is 1. The van der Waals surface area contributed by atoms with Crippen LogP contribution in [0.5, 0.6) is 0 Å². The first kappa shape index (κ1) is 11.9. The molecule has 2 fully saturated rings. The van der Waals surface area contributed by atoms with Crippen LogP contribution in [0.1, 0.15) is 32.1 Å². The zero-order valence-corrected chi connectivity index (χ0v) is 9.84. The van der Waals surface area contributed by atoms with Crippen LogP contribution in [0.25, 0.3) is 0 Å². The summed E-state index contributed by atoms with van der Waals surface area (Å²) in [7, 11) is 0. The van der Waals surface area contributed by atoms with E-state index in [2.05, 4.69) is 10.6 Å². The van der Waals surface area contributed by atoms with E-state index in [-0.39, 0.29) is 11.8 Å². The molecule has 1 saturated carbocycles. The SMILES string of the molecule is O=C(NCCCNC1CC1)C1CCCOC1. The molecule has 1 aliphatic heterocycles. The second-order valence-electron chi connectivity index (χ2n) is 4.79. The average molecular weight is 226 g/mol. The van der Waals surface area contributed by atoms with Crippen molar-refractivity contribution in [1.29, 1.82) is 0 Å². The molecule has 1 heterocycles. The van der Waals surface area contributed by atoms with Crippen molar-refractivity contribution in [3.63, 3.8) is 0 Å². The van der Waals surface area contributed by atoms with Gasteiger partial charge in [0, 0.05) is 19.2 Å². The first-order valence-corrected chi connectivity index (χ1v) is 6.45. The first-order valence-electron chi connectivity index (χ1n) is 6.45. The van der Waals surface area contributed by atoms with E-state index in [4.69, 9.17) is 4.74 Å². The van der Waals surface area contributed by atoms with Gasteiger partial charge in [-0.25, -0.2) is 0 Å². The summed E-state index contributed by atoms with van der Waals surface area (Å²) in [6.45, 7) is 3.22. The van der Waals surface area contributed by atoms with Crippen LogP contribution in [0.2, 0.25) is 0 Å². The molecule has 1 saturated heterocycles. The molecule has 0 bridgehead atoms. The highest BCUT2D eigenvalue weighted by molar-refractivity contribution is 5.78. The van der Waals surface area contributed by atoms with Crippen LogP contribution in [-0.4, -0.2) is 38.3 Å². The van der Waals surface area contributed by atoms with Crippen molar-refractivity contribution in [3.8, 4) is 0 Å². The Morgan fingerprint density at radius 3 is 2.81 bits per heavy atom. The maximum Gasteiger partial charge on any atom is 0.225 e. The van der Waals surface area contributed by atoms with E-state index in [9.17, 15) is 4.79 Å². The largest absolute Gasteiger partial charge is 0.381 e. The summed E-state index contributed by atoms with van der Waals surface area (Å²) in [6, 6.07) is 0.766. The molecule has 1 atom stereocenters. The van der Waals surface area contributed by atoms with Crippen LogP contribution < -0.4 is 10.6 Å². The highest BCUT2D eigenvalue weighted by Crippen LogP contribution is 2.18. The van der Waals surface area contributed by atoms with Crippen molar-refractivity contribution < 1.29 is 9.53 Å². The Kier molecular flexibility index (Phi) is 4.60. The molecule has 0 radical (unpaired) electrons. The number of nitrogens with one attached hydrogen (secondary N) is 2. The predicted octanol–water partition coefficient (Wildman–Crippen LogP) is 0.671. The Labute approximate surface area is 97.1 Å². The van der Waals surface area contributed by atoms with Crippen LogP contribution in [-0.2, 0) is 9.53 Å². The topological polar surface area (TPSA) is 50.4 Å². The van der Waals surface area contributed by atoms with Crippen molar-refractivity contribution in [3.05, 3.63) is 0 Å². The van der Waals surface area contributed by atoms with Crippen molar-refractivity contribution in [2.45, 2.75) is 38.1 Å². The standard InChI is InChI=1S/C12H22N2O2/c15-12(10-3-1-8-16-9-10)14-7-2-6-13-11-4-5-11/h10-11,13H,1-9H2,(H,14,15). The second kappa shape index (κ2) is 6.21. The minimum absolute atomic E-state index is 0.0881. The van der Waals surface area contributed by atoms with Crippen molar-refractivity contribution in [2.75, 3.05) is 26.3 Å². The molecule has 2 rings (SSSR count). The van der Waals surface area contributed by atoms with Crippen LogP contribution in [0, 0.1) is 5.92 Å². The van der Waals surface area contributed by atoms with E-state index in [1.165, 1.54) is 12.8 Å². The van der Waals surface area contributed by atoms with Gasteiger partial charge in [-0.2, -0.15) is 0 Å². The van der Waals surface area contributed by atoms with Gasteiger partial charge in [-0.3, -0.25) is 4.79 Å². The van der Waals surface area contributed by atoms with Crippen molar-refractivity contribution in [2.24, 2.45) is 5.92 Å². The van der Waals surface area contributed by atoms with Gasteiger partial charge < -0.3 is 15.4 Å². The van der Waals surface area contributed by atoms with E-state index in [0.29, 0.717) is 6.61 Å². The third-order valence-electron chi connectivity index (χ3n) is 3.19. The summed E-state index contributed by atoms with van der Waals surface area (Å²) in [5, 5.41) is 6.42. The van der Waals surface area contributed by atoms with Gasteiger partial charge in [0.15, 0.2) is 0 Å². The Morgan fingerprint density at radius 1 is 1.25 bits per heavy atom. The fourth-order valence-electron chi connectivity index (χ4n) is 1.99. The molecule has 2 N–H and O–H groups in total. The van der Waals surface area contributed by atoms with Gasteiger partial charge in [0.1, 0.15) is 0 Å². The van der Waals surface area contributed by atoms with E-state index in [0.717, 1.165) is 45.0 Å². The third-order valence-corrected chi connectivity index (χ3v) is 3.19. The van der Waals surface area contributed by atoms with Crippen molar-refractivity contribution >= 4 is 5.91 Å². The molecule has 0 aromatic carbocycles. The summed E-state index contributed by atoms with van der Waals surface area (Å²) in [6.07, 6.45) is 5.67. The number of carbonyl (C=O) groups excluding carboxylic acids is 1. The number of rotatable bonds is 6. The molecule has 92 valence electrons. The number of ether oxygens (including phenoxy) is 1. The summed E-state index contributed by atoms with van der Waals surface area (Å²) in [5.41, 5.74) is 0. The number of hydrogen-bond donors (Lipinski definition) is 2. The number of hydrogen-bond acceptors (Lipinski definition) is 3. The summed E-state index contributed by atoms with van der Waals surface area (Å²) >= 11 is 0. The van der Waals surface area contributed by atoms with Crippen molar-refractivity contribution in [1.82, 2.24) is 10.6 Å². The molecule has 1 unspecified atom stereocenters. The van der Waals surface area contributed by atoms with E-state index >= 15 is 0 Å². The maximum atomic E-state index is 11.7. The number of amides is 1. The van der Waals surface area contributed by atoms with E-state index in [1.807, 2.05) is 0 Å². The normalized spacial score (nSPS) is 25.4. The zero-order valence-electron chi connectivity index (χ0n) is 9.84. The molecular formula is C12H22N2O2. The molecule has 4 heteroatoms. The Hall–Kier alpha value is -0.610. The average Bonchev–Trinajstić information content (AvgIpc) is 3.13. The smallest absolute Gasteiger partial charge is 0.225 e. The van der Waals surface area contributed by atoms with Gasteiger partial charge in [-0.1, -0.05) is 0 Å². The minimum atomic E-state index is 0.0881. The van der Waals surface area contributed by atoms with Gasteiger partial charge in [-0.05, 0) is 38.6 Å². The summed E-state index contributed by atoms with van der Waals surface area (Å²) in [5.74, 6) is 0.260. The highest BCUT2D eigenvalue weighted by atomic mass is 16.5. The molecule has 0 aromatic heterocycles. The third kappa shape index (κ3) is 4.10. The Morgan fingerprint density at radius 2 is 2.12 bits per heavy atom. The molecule has 0 aromatic rings. The lowest BCUT2D eigenvalue weighted by Crippen LogP contribution is -2.36. The molecule has 4 nitrogen and oxygen atoms in total. The summed E-state index contributed by atoms with van der Waals surface area (Å²) < 4.78 is 5.30. The van der Waals surface area contributed by atoms with E-state index in [1.54, 1.807) is 0 Å². The molecule has 1 amide bonds. The van der Waals surface area contributed by atoms with Crippen LogP contribution >= 0.6 is 0 Å². The lowest BCUT2D eigenvalue weighted by Gasteiger charge is -2.21. The lowest BCUT2D eigenvalue weighted by atomic mass is 10.0.